The minimum atomic E-state index is -3.55. The van der Waals surface area contributed by atoms with Crippen molar-refractivity contribution in [2.45, 2.75) is 38.5 Å². The van der Waals surface area contributed by atoms with E-state index >= 15 is 0 Å². The summed E-state index contributed by atoms with van der Waals surface area (Å²) in [5, 5.41) is 3.27. The van der Waals surface area contributed by atoms with Gasteiger partial charge in [0.1, 0.15) is 10.7 Å². The number of rotatable bonds is 8. The molecule has 1 rings (SSSR count). The summed E-state index contributed by atoms with van der Waals surface area (Å²) in [5.41, 5.74) is 0. The Morgan fingerprint density at radius 2 is 1.95 bits per heavy atom. The van der Waals surface area contributed by atoms with E-state index in [9.17, 15) is 8.42 Å². The van der Waals surface area contributed by atoms with Gasteiger partial charge in [-0.1, -0.05) is 38.3 Å². The summed E-state index contributed by atoms with van der Waals surface area (Å²) in [6, 6.07) is 1.42. The van der Waals surface area contributed by atoms with Crippen molar-refractivity contribution in [3.63, 3.8) is 0 Å². The van der Waals surface area contributed by atoms with Crippen LogP contribution in [0.2, 0.25) is 5.02 Å². The number of nitrogens with zero attached hydrogens (tertiary/aromatic N) is 1. The smallest absolute Gasteiger partial charge is 0.242 e. The molecule has 1 aromatic heterocycles. The lowest BCUT2D eigenvalue weighted by molar-refractivity contribution is 0.479. The zero-order valence-electron chi connectivity index (χ0n) is 12.1. The Kier molecular flexibility index (Phi) is 6.71. The van der Waals surface area contributed by atoms with Gasteiger partial charge in [0.05, 0.1) is 5.02 Å². The van der Waals surface area contributed by atoms with Crippen molar-refractivity contribution in [2.24, 2.45) is 5.92 Å². The maximum absolute atomic E-state index is 12.2. The van der Waals surface area contributed by atoms with Crippen molar-refractivity contribution in [1.82, 2.24) is 9.71 Å². The molecule has 1 heterocycles. The third-order valence-corrected chi connectivity index (χ3v) is 4.87. The fourth-order valence-electron chi connectivity index (χ4n) is 1.75. The Labute approximate surface area is 126 Å². The highest BCUT2D eigenvalue weighted by atomic mass is 35.5. The van der Waals surface area contributed by atoms with Crippen molar-refractivity contribution in [3.05, 3.63) is 17.3 Å². The molecule has 0 unspecified atom stereocenters. The lowest BCUT2D eigenvalue weighted by Crippen LogP contribution is -2.29. The Bertz CT molecular complexity index is 530. The molecule has 0 saturated heterocycles. The maximum Gasteiger partial charge on any atom is 0.242 e. The van der Waals surface area contributed by atoms with E-state index in [1.165, 1.54) is 12.3 Å². The fraction of sp³-hybridized carbons (Fsp3) is 0.615. The van der Waals surface area contributed by atoms with Crippen LogP contribution < -0.4 is 10.0 Å². The molecule has 2 N–H and O–H groups in total. The summed E-state index contributed by atoms with van der Waals surface area (Å²) in [5.74, 6) is 0.836. The SMILES string of the molecule is CCNc1ncc(S(=O)(=O)NCC(CC)CC)cc1Cl. The number of pyridine rings is 1. The minimum Gasteiger partial charge on any atom is -0.369 e. The number of nitrogens with one attached hydrogen (secondary N) is 2. The van der Waals surface area contributed by atoms with Crippen molar-refractivity contribution in [2.75, 3.05) is 18.4 Å². The standard InChI is InChI=1S/C13H22ClN3O2S/c1-4-10(5-2)8-17-20(18,19)11-7-12(14)13(15-6-3)16-9-11/h7,9-10,17H,4-6,8H2,1-3H3,(H,15,16). The van der Waals surface area contributed by atoms with Crippen LogP contribution >= 0.6 is 11.6 Å². The molecule has 0 aliphatic carbocycles. The van der Waals surface area contributed by atoms with Gasteiger partial charge >= 0.3 is 0 Å². The van der Waals surface area contributed by atoms with E-state index in [0.717, 1.165) is 12.8 Å². The van der Waals surface area contributed by atoms with Gasteiger partial charge in [-0.25, -0.2) is 18.1 Å². The molecule has 1 aromatic rings. The summed E-state index contributed by atoms with van der Waals surface area (Å²) in [6.07, 6.45) is 3.20. The van der Waals surface area contributed by atoms with Crippen LogP contribution in [0.4, 0.5) is 5.82 Å². The van der Waals surface area contributed by atoms with E-state index in [1.54, 1.807) is 0 Å². The van der Waals surface area contributed by atoms with Crippen LogP contribution in [0.5, 0.6) is 0 Å². The molecule has 0 amide bonds. The fourth-order valence-corrected chi connectivity index (χ4v) is 3.14. The number of hydrogen-bond donors (Lipinski definition) is 2. The molecule has 5 nitrogen and oxygen atoms in total. The second-order valence-electron chi connectivity index (χ2n) is 4.57. The molecule has 0 fully saturated rings. The molecule has 0 bridgehead atoms. The first-order valence-electron chi connectivity index (χ1n) is 6.83. The molecule has 0 radical (unpaired) electrons. The number of sulfonamides is 1. The van der Waals surface area contributed by atoms with E-state index in [4.69, 9.17) is 11.6 Å². The van der Waals surface area contributed by atoms with Crippen molar-refractivity contribution in [3.8, 4) is 0 Å². The van der Waals surface area contributed by atoms with Crippen molar-refractivity contribution >= 4 is 27.4 Å². The monoisotopic (exact) mass is 319 g/mol. The average Bonchev–Trinajstić information content (AvgIpc) is 2.42. The predicted octanol–water partition coefficient (Wildman–Crippen LogP) is 2.88. The predicted molar refractivity (Wildman–Crippen MR) is 82.7 cm³/mol. The molecule has 0 aromatic carbocycles. The highest BCUT2D eigenvalue weighted by Crippen LogP contribution is 2.22. The van der Waals surface area contributed by atoms with Crippen LogP contribution in [-0.4, -0.2) is 26.5 Å². The Morgan fingerprint density at radius 3 is 2.45 bits per heavy atom. The second-order valence-corrected chi connectivity index (χ2v) is 6.74. The lowest BCUT2D eigenvalue weighted by atomic mass is 10.0. The van der Waals surface area contributed by atoms with Gasteiger partial charge in [0, 0.05) is 19.3 Å². The van der Waals surface area contributed by atoms with E-state index in [-0.39, 0.29) is 4.90 Å². The van der Waals surface area contributed by atoms with E-state index in [2.05, 4.69) is 15.0 Å². The van der Waals surface area contributed by atoms with Gasteiger partial charge in [0.15, 0.2) is 0 Å². The number of aromatic nitrogens is 1. The van der Waals surface area contributed by atoms with Gasteiger partial charge in [-0.3, -0.25) is 0 Å². The Morgan fingerprint density at radius 1 is 1.30 bits per heavy atom. The number of halogens is 1. The summed E-state index contributed by atoms with van der Waals surface area (Å²) < 4.78 is 26.9. The van der Waals surface area contributed by atoms with Gasteiger partial charge in [-0.15, -0.1) is 0 Å². The number of hydrogen-bond acceptors (Lipinski definition) is 4. The largest absolute Gasteiger partial charge is 0.369 e. The van der Waals surface area contributed by atoms with Crippen molar-refractivity contribution in [1.29, 1.82) is 0 Å². The van der Waals surface area contributed by atoms with Gasteiger partial charge in [-0.2, -0.15) is 0 Å². The molecule has 7 heteroatoms. The van der Waals surface area contributed by atoms with Gasteiger partial charge < -0.3 is 5.32 Å². The highest BCUT2D eigenvalue weighted by Gasteiger charge is 2.17. The zero-order chi connectivity index (χ0) is 15.2. The molecule has 20 heavy (non-hydrogen) atoms. The Balaban J connectivity index is 2.85. The second kappa shape index (κ2) is 7.81. The van der Waals surface area contributed by atoms with Gasteiger partial charge in [0.2, 0.25) is 10.0 Å². The molecular weight excluding hydrogens is 298 g/mol. The molecular formula is C13H22ClN3O2S. The highest BCUT2D eigenvalue weighted by molar-refractivity contribution is 7.89. The van der Waals surface area contributed by atoms with Crippen LogP contribution in [0.3, 0.4) is 0 Å². The van der Waals surface area contributed by atoms with Crippen LogP contribution in [0.25, 0.3) is 0 Å². The van der Waals surface area contributed by atoms with Crippen LogP contribution in [0, 0.1) is 5.92 Å². The first kappa shape index (κ1) is 17.2. The molecule has 0 atom stereocenters. The molecule has 0 aliphatic heterocycles. The minimum absolute atomic E-state index is 0.0927. The summed E-state index contributed by atoms with van der Waals surface area (Å²) in [4.78, 5) is 4.13. The van der Waals surface area contributed by atoms with E-state index in [0.29, 0.717) is 29.8 Å². The Hall–Kier alpha value is -0.850. The first-order valence-corrected chi connectivity index (χ1v) is 8.69. The first-order chi connectivity index (χ1) is 9.44. The summed E-state index contributed by atoms with van der Waals surface area (Å²) >= 11 is 6.01. The lowest BCUT2D eigenvalue weighted by Gasteiger charge is -2.14. The molecule has 114 valence electrons. The molecule has 0 saturated carbocycles. The quantitative estimate of drug-likeness (QED) is 0.773. The van der Waals surface area contributed by atoms with E-state index in [1.807, 2.05) is 20.8 Å². The summed E-state index contributed by atoms with van der Waals surface area (Å²) in [6.45, 7) is 7.12. The molecule has 0 aliphatic rings. The van der Waals surface area contributed by atoms with Crippen LogP contribution in [0.15, 0.2) is 17.2 Å². The average molecular weight is 320 g/mol. The van der Waals surface area contributed by atoms with Crippen LogP contribution in [0.1, 0.15) is 33.6 Å². The molecule has 0 spiro atoms. The maximum atomic E-state index is 12.2. The third-order valence-electron chi connectivity index (χ3n) is 3.19. The topological polar surface area (TPSA) is 71.1 Å². The van der Waals surface area contributed by atoms with E-state index < -0.39 is 10.0 Å². The van der Waals surface area contributed by atoms with Gasteiger partial charge in [-0.05, 0) is 18.9 Å². The zero-order valence-corrected chi connectivity index (χ0v) is 13.7. The number of anilines is 1. The van der Waals surface area contributed by atoms with Crippen LogP contribution in [-0.2, 0) is 10.0 Å². The van der Waals surface area contributed by atoms with Gasteiger partial charge in [0.25, 0.3) is 0 Å². The third kappa shape index (κ3) is 4.61. The van der Waals surface area contributed by atoms with Crippen molar-refractivity contribution < 1.29 is 8.42 Å². The summed E-state index contributed by atoms with van der Waals surface area (Å²) in [7, 11) is -3.55. The normalized spacial score (nSPS) is 11.8.